The first-order valence-corrected chi connectivity index (χ1v) is 6.42. The van der Waals surface area contributed by atoms with Gasteiger partial charge in [-0.05, 0) is 40.9 Å². The second-order valence-corrected chi connectivity index (χ2v) is 5.57. The fourth-order valence-corrected chi connectivity index (χ4v) is 2.88. The van der Waals surface area contributed by atoms with Crippen molar-refractivity contribution in [2.75, 3.05) is 0 Å². The minimum absolute atomic E-state index is 0.0315. The highest BCUT2D eigenvalue weighted by molar-refractivity contribution is 9.10. The largest absolute Gasteiger partial charge is 0.506 e. The van der Waals surface area contributed by atoms with Gasteiger partial charge in [-0.25, -0.2) is 0 Å². The number of nitrogens with two attached hydrogens (primary N) is 1. The Kier molecular flexibility index (Phi) is 3.36. The van der Waals surface area contributed by atoms with Crippen LogP contribution < -0.4 is 5.73 Å². The second-order valence-electron chi connectivity index (χ2n) is 4.72. The van der Waals surface area contributed by atoms with Crippen LogP contribution in [0.2, 0.25) is 0 Å². The van der Waals surface area contributed by atoms with E-state index in [-0.39, 0.29) is 15.8 Å². The maximum absolute atomic E-state index is 12.7. The monoisotopic (exact) mass is 323 g/mol. The summed E-state index contributed by atoms with van der Waals surface area (Å²) in [4.78, 5) is 0. The number of benzene rings is 1. The first kappa shape index (κ1) is 13.7. The summed E-state index contributed by atoms with van der Waals surface area (Å²) >= 11 is 2.96. The standard InChI is InChI=1S/C12H13BrF3NO/c13-9-6-7(12(14,15)16)5-8(10(9)18)11(17)3-1-2-4-11/h5-6,18H,1-4,17H2. The van der Waals surface area contributed by atoms with Gasteiger partial charge in [0.1, 0.15) is 5.75 Å². The Labute approximate surface area is 111 Å². The maximum atomic E-state index is 12.7. The first-order chi connectivity index (χ1) is 8.24. The highest BCUT2D eigenvalue weighted by Crippen LogP contribution is 2.45. The minimum Gasteiger partial charge on any atom is -0.506 e. The second kappa shape index (κ2) is 4.42. The molecule has 0 atom stereocenters. The number of alkyl halides is 3. The van der Waals surface area contributed by atoms with E-state index in [1.807, 2.05) is 0 Å². The van der Waals surface area contributed by atoms with Crippen LogP contribution in [-0.2, 0) is 11.7 Å². The summed E-state index contributed by atoms with van der Waals surface area (Å²) in [7, 11) is 0. The summed E-state index contributed by atoms with van der Waals surface area (Å²) in [6, 6.07) is 1.84. The van der Waals surface area contributed by atoms with E-state index in [2.05, 4.69) is 15.9 Å². The Morgan fingerprint density at radius 1 is 1.22 bits per heavy atom. The number of halogens is 4. The molecule has 0 aromatic heterocycles. The minimum atomic E-state index is -4.44. The van der Waals surface area contributed by atoms with Crippen LogP contribution in [0.4, 0.5) is 13.2 Å². The summed E-state index contributed by atoms with van der Waals surface area (Å²) in [6.07, 6.45) is -1.53. The molecule has 0 heterocycles. The third kappa shape index (κ3) is 2.36. The number of hydrogen-bond acceptors (Lipinski definition) is 2. The lowest BCUT2D eigenvalue weighted by Crippen LogP contribution is -2.33. The zero-order valence-electron chi connectivity index (χ0n) is 9.52. The van der Waals surface area contributed by atoms with Crippen LogP contribution in [0.1, 0.15) is 36.8 Å². The number of rotatable bonds is 1. The van der Waals surface area contributed by atoms with Gasteiger partial charge in [-0.2, -0.15) is 13.2 Å². The number of aromatic hydroxyl groups is 1. The molecule has 1 aromatic carbocycles. The number of phenolic OH excluding ortho intramolecular Hbond substituents is 1. The molecular weight excluding hydrogens is 311 g/mol. The Balaban J connectivity index is 2.56. The van der Waals surface area contributed by atoms with E-state index in [0.29, 0.717) is 12.8 Å². The molecule has 0 bridgehead atoms. The molecule has 0 radical (unpaired) electrons. The Hall–Kier alpha value is -0.750. The van der Waals surface area contributed by atoms with Crippen molar-refractivity contribution in [1.82, 2.24) is 0 Å². The lowest BCUT2D eigenvalue weighted by Gasteiger charge is -2.26. The van der Waals surface area contributed by atoms with Crippen LogP contribution in [0.25, 0.3) is 0 Å². The quantitative estimate of drug-likeness (QED) is 0.823. The predicted octanol–water partition coefficient (Wildman–Crippen LogP) is 3.90. The molecule has 2 rings (SSSR count). The number of phenols is 1. The van der Waals surface area contributed by atoms with Gasteiger partial charge in [0.2, 0.25) is 0 Å². The van der Waals surface area contributed by atoms with Crippen LogP contribution in [0.15, 0.2) is 16.6 Å². The Morgan fingerprint density at radius 3 is 2.28 bits per heavy atom. The number of hydrogen-bond donors (Lipinski definition) is 2. The van der Waals surface area contributed by atoms with Crippen molar-refractivity contribution in [1.29, 1.82) is 0 Å². The van der Waals surface area contributed by atoms with Crippen molar-refractivity contribution in [3.63, 3.8) is 0 Å². The lowest BCUT2D eigenvalue weighted by molar-refractivity contribution is -0.137. The average Bonchev–Trinajstić information content (AvgIpc) is 2.68. The predicted molar refractivity (Wildman–Crippen MR) is 65.1 cm³/mol. The van der Waals surface area contributed by atoms with E-state index in [1.54, 1.807) is 0 Å². The van der Waals surface area contributed by atoms with Gasteiger partial charge in [-0.15, -0.1) is 0 Å². The first-order valence-electron chi connectivity index (χ1n) is 5.63. The van der Waals surface area contributed by atoms with E-state index in [9.17, 15) is 18.3 Å². The molecule has 1 aliphatic rings. The van der Waals surface area contributed by atoms with Gasteiger partial charge in [-0.1, -0.05) is 12.8 Å². The topological polar surface area (TPSA) is 46.2 Å². The van der Waals surface area contributed by atoms with Gasteiger partial charge in [0.05, 0.1) is 10.0 Å². The molecule has 100 valence electrons. The molecule has 1 fully saturated rings. The van der Waals surface area contributed by atoms with Crippen molar-refractivity contribution in [2.24, 2.45) is 5.73 Å². The molecule has 3 N–H and O–H groups in total. The summed E-state index contributed by atoms with van der Waals surface area (Å²) < 4.78 is 38.3. The van der Waals surface area contributed by atoms with Gasteiger partial charge >= 0.3 is 6.18 Å². The normalized spacial score (nSPS) is 19.2. The van der Waals surface area contributed by atoms with Crippen LogP contribution in [-0.4, -0.2) is 5.11 Å². The van der Waals surface area contributed by atoms with Gasteiger partial charge in [0.15, 0.2) is 0 Å². The fraction of sp³-hybridized carbons (Fsp3) is 0.500. The molecular formula is C12H13BrF3NO. The summed E-state index contributed by atoms with van der Waals surface area (Å²) in [5.41, 5.74) is 4.65. The van der Waals surface area contributed by atoms with Crippen LogP contribution in [0.3, 0.4) is 0 Å². The van der Waals surface area contributed by atoms with E-state index in [1.165, 1.54) is 0 Å². The molecule has 6 heteroatoms. The molecule has 0 unspecified atom stereocenters. The van der Waals surface area contributed by atoms with E-state index in [4.69, 9.17) is 5.73 Å². The van der Waals surface area contributed by atoms with Crippen molar-refractivity contribution < 1.29 is 18.3 Å². The Bertz CT molecular complexity index is 467. The van der Waals surface area contributed by atoms with Crippen LogP contribution in [0, 0.1) is 0 Å². The third-order valence-electron chi connectivity index (χ3n) is 3.42. The van der Waals surface area contributed by atoms with Crippen LogP contribution in [0.5, 0.6) is 5.75 Å². The third-order valence-corrected chi connectivity index (χ3v) is 4.03. The molecule has 0 amide bonds. The van der Waals surface area contributed by atoms with Gasteiger partial charge in [-0.3, -0.25) is 0 Å². The molecule has 2 nitrogen and oxygen atoms in total. The van der Waals surface area contributed by atoms with E-state index < -0.39 is 17.3 Å². The highest BCUT2D eigenvalue weighted by Gasteiger charge is 2.38. The van der Waals surface area contributed by atoms with E-state index in [0.717, 1.165) is 25.0 Å². The molecule has 1 aliphatic carbocycles. The average molecular weight is 324 g/mol. The van der Waals surface area contributed by atoms with Gasteiger partial charge in [0.25, 0.3) is 0 Å². The summed E-state index contributed by atoms with van der Waals surface area (Å²) in [5.74, 6) is -0.188. The van der Waals surface area contributed by atoms with Crippen LogP contribution >= 0.6 is 15.9 Å². The van der Waals surface area contributed by atoms with Crippen molar-refractivity contribution in [3.05, 3.63) is 27.7 Å². The highest BCUT2D eigenvalue weighted by atomic mass is 79.9. The summed E-state index contributed by atoms with van der Waals surface area (Å²) in [6.45, 7) is 0. The Morgan fingerprint density at radius 2 is 1.78 bits per heavy atom. The van der Waals surface area contributed by atoms with Crippen molar-refractivity contribution >= 4 is 15.9 Å². The zero-order valence-corrected chi connectivity index (χ0v) is 11.1. The maximum Gasteiger partial charge on any atom is 0.416 e. The zero-order chi connectivity index (χ0) is 13.6. The van der Waals surface area contributed by atoms with E-state index >= 15 is 0 Å². The fourth-order valence-electron chi connectivity index (χ4n) is 2.42. The molecule has 18 heavy (non-hydrogen) atoms. The molecule has 0 aliphatic heterocycles. The molecule has 1 aromatic rings. The molecule has 0 spiro atoms. The molecule has 1 saturated carbocycles. The van der Waals surface area contributed by atoms with Gasteiger partial charge < -0.3 is 10.8 Å². The smallest absolute Gasteiger partial charge is 0.416 e. The SMILES string of the molecule is NC1(c2cc(C(F)(F)F)cc(Br)c2O)CCCC1. The van der Waals surface area contributed by atoms with Crippen molar-refractivity contribution in [3.8, 4) is 5.75 Å². The lowest BCUT2D eigenvalue weighted by atomic mass is 9.87. The summed E-state index contributed by atoms with van der Waals surface area (Å²) in [5, 5.41) is 9.92. The molecule has 0 saturated heterocycles. The van der Waals surface area contributed by atoms with Crippen molar-refractivity contribution in [2.45, 2.75) is 37.4 Å². The van der Waals surface area contributed by atoms with Gasteiger partial charge in [0, 0.05) is 11.1 Å².